The van der Waals surface area contributed by atoms with Crippen molar-refractivity contribution in [3.8, 4) is 0 Å². The van der Waals surface area contributed by atoms with Gasteiger partial charge >= 0.3 is 0 Å². The van der Waals surface area contributed by atoms with E-state index in [1.54, 1.807) is 18.0 Å². The van der Waals surface area contributed by atoms with E-state index < -0.39 is 0 Å². The Hall–Kier alpha value is -0.770. The Bertz CT molecular complexity index is 338. The van der Waals surface area contributed by atoms with Gasteiger partial charge in [-0.15, -0.1) is 0 Å². The molecule has 0 aliphatic carbocycles. The third-order valence-electron chi connectivity index (χ3n) is 2.16. The van der Waals surface area contributed by atoms with Crippen LogP contribution in [-0.2, 0) is 0 Å². The monoisotopic (exact) mass is 259 g/mol. The van der Waals surface area contributed by atoms with Gasteiger partial charge in [-0.2, -0.15) is 0 Å². The largest absolute Gasteiger partial charge is 0.457 e. The maximum atomic E-state index is 11.9. The van der Waals surface area contributed by atoms with E-state index in [1.807, 2.05) is 20.8 Å². The Balaban J connectivity index is 2.92. The van der Waals surface area contributed by atoms with Crippen LogP contribution in [0.3, 0.4) is 0 Å². The molecule has 1 aromatic heterocycles. The molecule has 0 aliphatic rings. The number of hydrogen-bond acceptors (Lipinski definition) is 2. The Kier molecular flexibility index (Phi) is 3.04. The van der Waals surface area contributed by atoms with Crippen molar-refractivity contribution in [3.05, 3.63) is 22.6 Å². The summed E-state index contributed by atoms with van der Waals surface area (Å²) in [6.45, 7) is 5.96. The van der Waals surface area contributed by atoms with Gasteiger partial charge in [0.2, 0.25) is 0 Å². The Morgan fingerprint density at radius 1 is 1.50 bits per heavy atom. The van der Waals surface area contributed by atoms with E-state index in [0.29, 0.717) is 10.2 Å². The van der Waals surface area contributed by atoms with E-state index in [9.17, 15) is 4.79 Å². The van der Waals surface area contributed by atoms with Crippen LogP contribution in [0.25, 0.3) is 0 Å². The van der Waals surface area contributed by atoms with E-state index in [4.69, 9.17) is 4.42 Å². The summed E-state index contributed by atoms with van der Waals surface area (Å²) in [5.74, 6) is -0.0434. The third-order valence-corrected chi connectivity index (χ3v) is 2.77. The van der Waals surface area contributed by atoms with Crippen LogP contribution in [0.4, 0.5) is 0 Å². The summed E-state index contributed by atoms with van der Waals surface area (Å²) in [6, 6.07) is 1.66. The Labute approximate surface area is 92.2 Å². The third kappa shape index (κ3) is 2.18. The van der Waals surface area contributed by atoms with Gasteiger partial charge in [0, 0.05) is 12.6 Å². The van der Waals surface area contributed by atoms with Crippen LogP contribution in [0.15, 0.2) is 21.4 Å². The molecule has 78 valence electrons. The molecule has 0 aromatic carbocycles. The first kappa shape index (κ1) is 11.3. The first-order valence-corrected chi connectivity index (χ1v) is 5.14. The number of amides is 1. The molecule has 0 saturated carbocycles. The van der Waals surface area contributed by atoms with Crippen LogP contribution in [0.1, 0.15) is 31.1 Å². The highest BCUT2D eigenvalue weighted by molar-refractivity contribution is 9.10. The molecule has 0 atom stereocenters. The molecule has 0 spiro atoms. The summed E-state index contributed by atoms with van der Waals surface area (Å²) in [5, 5.41) is 0. The highest BCUT2D eigenvalue weighted by Crippen LogP contribution is 2.22. The van der Waals surface area contributed by atoms with Gasteiger partial charge in [0.25, 0.3) is 5.91 Å². The SMILES string of the molecule is CN(C(=O)c1ccoc1Br)C(C)(C)C. The van der Waals surface area contributed by atoms with Crippen LogP contribution >= 0.6 is 15.9 Å². The summed E-state index contributed by atoms with van der Waals surface area (Å²) in [5.41, 5.74) is 0.371. The van der Waals surface area contributed by atoms with Gasteiger partial charge in [-0.1, -0.05) is 0 Å². The van der Waals surface area contributed by atoms with Crippen molar-refractivity contribution in [1.82, 2.24) is 4.90 Å². The molecule has 1 rings (SSSR count). The molecule has 1 amide bonds. The maximum absolute atomic E-state index is 11.9. The van der Waals surface area contributed by atoms with Crippen LogP contribution < -0.4 is 0 Å². The van der Waals surface area contributed by atoms with E-state index in [1.165, 1.54) is 6.26 Å². The van der Waals surface area contributed by atoms with Crippen molar-refractivity contribution in [1.29, 1.82) is 0 Å². The fourth-order valence-electron chi connectivity index (χ4n) is 0.931. The van der Waals surface area contributed by atoms with Gasteiger partial charge in [-0.25, -0.2) is 0 Å². The van der Waals surface area contributed by atoms with E-state index in [-0.39, 0.29) is 11.4 Å². The summed E-state index contributed by atoms with van der Waals surface area (Å²) < 4.78 is 5.50. The zero-order valence-electron chi connectivity index (χ0n) is 8.80. The zero-order valence-corrected chi connectivity index (χ0v) is 10.4. The van der Waals surface area contributed by atoms with Gasteiger partial charge in [0.15, 0.2) is 4.67 Å². The molecule has 4 heteroatoms. The Morgan fingerprint density at radius 2 is 2.07 bits per heavy atom. The molecule has 0 N–H and O–H groups in total. The molecule has 0 aliphatic heterocycles. The minimum Gasteiger partial charge on any atom is -0.457 e. The standard InChI is InChI=1S/C10H14BrNO2/c1-10(2,3)12(4)9(13)7-5-6-14-8(7)11/h5-6H,1-4H3. The van der Waals surface area contributed by atoms with Crippen molar-refractivity contribution in [2.45, 2.75) is 26.3 Å². The minimum absolute atomic E-state index is 0.0434. The van der Waals surface area contributed by atoms with Crippen LogP contribution in [0.5, 0.6) is 0 Å². The highest BCUT2D eigenvalue weighted by atomic mass is 79.9. The second-order valence-electron chi connectivity index (χ2n) is 4.14. The number of halogens is 1. The lowest BCUT2D eigenvalue weighted by molar-refractivity contribution is 0.0654. The number of furan rings is 1. The quantitative estimate of drug-likeness (QED) is 0.777. The van der Waals surface area contributed by atoms with Crippen molar-refractivity contribution in [2.24, 2.45) is 0 Å². The van der Waals surface area contributed by atoms with Crippen molar-refractivity contribution in [2.75, 3.05) is 7.05 Å². The van der Waals surface area contributed by atoms with E-state index >= 15 is 0 Å². The lowest BCUT2D eigenvalue weighted by atomic mass is 10.1. The molecule has 0 bridgehead atoms. The number of hydrogen-bond donors (Lipinski definition) is 0. The molecule has 0 unspecified atom stereocenters. The number of nitrogens with zero attached hydrogens (tertiary/aromatic N) is 1. The number of rotatable bonds is 1. The summed E-state index contributed by atoms with van der Waals surface area (Å²) >= 11 is 3.19. The summed E-state index contributed by atoms with van der Waals surface area (Å²) in [7, 11) is 1.78. The fourth-order valence-corrected chi connectivity index (χ4v) is 1.34. The molecule has 3 nitrogen and oxygen atoms in total. The lowest BCUT2D eigenvalue weighted by Gasteiger charge is -2.31. The van der Waals surface area contributed by atoms with Gasteiger partial charge in [-0.3, -0.25) is 4.79 Å². The van der Waals surface area contributed by atoms with Crippen LogP contribution in [0, 0.1) is 0 Å². The van der Waals surface area contributed by atoms with Crippen molar-refractivity contribution >= 4 is 21.8 Å². The average Bonchev–Trinajstić information content (AvgIpc) is 2.47. The predicted molar refractivity (Wildman–Crippen MR) is 58.3 cm³/mol. The van der Waals surface area contributed by atoms with Crippen molar-refractivity contribution < 1.29 is 9.21 Å². The number of carbonyl (C=O) groups is 1. The first-order chi connectivity index (χ1) is 6.34. The van der Waals surface area contributed by atoms with Crippen molar-refractivity contribution in [3.63, 3.8) is 0 Å². The molecular formula is C10H14BrNO2. The average molecular weight is 260 g/mol. The minimum atomic E-state index is -0.187. The molecular weight excluding hydrogens is 246 g/mol. The second-order valence-corrected chi connectivity index (χ2v) is 4.86. The molecule has 1 heterocycles. The second kappa shape index (κ2) is 3.77. The normalized spacial score (nSPS) is 11.5. The molecule has 1 aromatic rings. The maximum Gasteiger partial charge on any atom is 0.258 e. The highest BCUT2D eigenvalue weighted by Gasteiger charge is 2.25. The Morgan fingerprint density at radius 3 is 2.43 bits per heavy atom. The molecule has 0 saturated heterocycles. The van der Waals surface area contributed by atoms with Crippen LogP contribution in [-0.4, -0.2) is 23.4 Å². The van der Waals surface area contributed by atoms with Gasteiger partial charge in [0.05, 0.1) is 11.8 Å². The molecule has 0 fully saturated rings. The first-order valence-electron chi connectivity index (χ1n) is 4.35. The predicted octanol–water partition coefficient (Wildman–Crippen LogP) is 2.91. The number of carbonyl (C=O) groups excluding carboxylic acids is 1. The fraction of sp³-hybridized carbons (Fsp3) is 0.500. The summed E-state index contributed by atoms with van der Waals surface area (Å²) in [6.07, 6.45) is 1.49. The van der Waals surface area contributed by atoms with E-state index in [2.05, 4.69) is 15.9 Å². The zero-order chi connectivity index (χ0) is 10.9. The van der Waals surface area contributed by atoms with Gasteiger partial charge < -0.3 is 9.32 Å². The molecule has 14 heavy (non-hydrogen) atoms. The van der Waals surface area contributed by atoms with Gasteiger partial charge in [-0.05, 0) is 42.8 Å². The lowest BCUT2D eigenvalue weighted by Crippen LogP contribution is -2.42. The van der Waals surface area contributed by atoms with E-state index in [0.717, 1.165) is 0 Å². The topological polar surface area (TPSA) is 33.5 Å². The smallest absolute Gasteiger partial charge is 0.258 e. The summed E-state index contributed by atoms with van der Waals surface area (Å²) in [4.78, 5) is 13.6. The molecule has 0 radical (unpaired) electrons. The van der Waals surface area contributed by atoms with Crippen LogP contribution in [0.2, 0.25) is 0 Å². The van der Waals surface area contributed by atoms with Gasteiger partial charge in [0.1, 0.15) is 0 Å².